The van der Waals surface area contributed by atoms with Crippen LogP contribution in [0.3, 0.4) is 0 Å². The molecule has 10 nitrogen and oxygen atoms in total. The number of H-pyrrole nitrogens is 1. The number of pyridine rings is 3. The van der Waals surface area contributed by atoms with Crippen LogP contribution in [0.4, 0.5) is 5.82 Å². The summed E-state index contributed by atoms with van der Waals surface area (Å²) in [4.78, 5) is 14.2. The monoisotopic (exact) mass is 530 g/mol. The van der Waals surface area contributed by atoms with E-state index in [0.29, 0.717) is 30.3 Å². The summed E-state index contributed by atoms with van der Waals surface area (Å²) in [5.74, 6) is 2.29. The maximum absolute atomic E-state index is 10.1. The number of methoxy groups -OCH3 is 1. The molecule has 204 valence electrons. The van der Waals surface area contributed by atoms with Crippen LogP contribution in [-0.4, -0.2) is 69.6 Å². The van der Waals surface area contributed by atoms with Crippen LogP contribution >= 0.6 is 0 Å². The number of hydrogen-bond acceptors (Lipinski definition) is 8. The summed E-state index contributed by atoms with van der Waals surface area (Å²) in [6, 6.07) is 11.3. The van der Waals surface area contributed by atoms with Crippen molar-refractivity contribution in [1.82, 2.24) is 20.0 Å². The second-order valence-electron chi connectivity index (χ2n) is 11.1. The van der Waals surface area contributed by atoms with Gasteiger partial charge in [-0.15, -0.1) is 0 Å². The SMILES string of the molecule is COc1ccc(CN2[C@@H]3C[C@H]2CN(c2ccc(-c4cc(OCC(C)(C)O)c[n+]5[nH]cc(CN)c45)cn2)C3)cn1. The molecule has 0 amide bonds. The lowest BCUT2D eigenvalue weighted by atomic mass is 9.87. The van der Waals surface area contributed by atoms with E-state index in [2.05, 4.69) is 38.1 Å². The van der Waals surface area contributed by atoms with Crippen LogP contribution in [-0.2, 0) is 13.1 Å². The molecule has 39 heavy (non-hydrogen) atoms. The van der Waals surface area contributed by atoms with E-state index in [1.165, 1.54) is 12.0 Å². The molecule has 7 rings (SSSR count). The Balaban J connectivity index is 1.19. The average Bonchev–Trinajstić information content (AvgIpc) is 3.37. The van der Waals surface area contributed by atoms with Gasteiger partial charge in [0.25, 0.3) is 0 Å². The fourth-order valence-corrected chi connectivity index (χ4v) is 5.63. The summed E-state index contributed by atoms with van der Waals surface area (Å²) < 4.78 is 13.0. The number of rotatable bonds is 9. The van der Waals surface area contributed by atoms with E-state index >= 15 is 0 Å². The molecule has 3 saturated heterocycles. The number of aliphatic hydroxyl groups is 1. The van der Waals surface area contributed by atoms with Crippen molar-refractivity contribution in [3.8, 4) is 22.8 Å². The van der Waals surface area contributed by atoms with Crippen molar-refractivity contribution in [2.45, 2.75) is 51.0 Å². The maximum Gasteiger partial charge on any atom is 0.249 e. The second kappa shape index (κ2) is 10.1. The molecule has 3 fully saturated rings. The number of piperazine rings is 1. The molecule has 4 aromatic rings. The van der Waals surface area contributed by atoms with E-state index in [1.54, 1.807) is 21.0 Å². The number of nitrogens with one attached hydrogen (secondary N) is 1. The van der Waals surface area contributed by atoms with Crippen LogP contribution in [0.15, 0.2) is 55.1 Å². The van der Waals surface area contributed by atoms with Crippen molar-refractivity contribution < 1.29 is 19.1 Å². The molecular formula is C29H36N7O3+. The Hall–Kier alpha value is -3.73. The number of anilines is 1. The number of ether oxygens (including phenoxy) is 2. The van der Waals surface area contributed by atoms with Gasteiger partial charge in [-0.2, -0.15) is 5.10 Å². The van der Waals surface area contributed by atoms with E-state index in [4.69, 9.17) is 20.2 Å². The second-order valence-corrected chi connectivity index (χ2v) is 11.1. The third-order valence-electron chi connectivity index (χ3n) is 7.63. The highest BCUT2D eigenvalue weighted by Gasteiger charge is 2.44. The summed E-state index contributed by atoms with van der Waals surface area (Å²) in [6.45, 7) is 6.88. The van der Waals surface area contributed by atoms with Crippen molar-refractivity contribution in [1.29, 1.82) is 0 Å². The molecule has 0 radical (unpaired) electrons. The number of aromatic amines is 1. The van der Waals surface area contributed by atoms with Gasteiger partial charge in [0.2, 0.25) is 17.6 Å². The molecule has 3 aliphatic heterocycles. The van der Waals surface area contributed by atoms with Crippen LogP contribution in [0.5, 0.6) is 11.6 Å². The Morgan fingerprint density at radius 2 is 1.97 bits per heavy atom. The standard InChI is InChI=1S/C29H35N7O3/c1-29(2,37)18-39-24-9-25(28-21(10-30)13-33-36(28)17-24)20-5-6-26(31-12-20)34-15-22-8-23(16-34)35(22)14-19-4-7-27(38-3)32-11-19/h4-7,9,11-13,17,22-23,37H,8,10,14-16,18,30H2,1-3H3/p+1/t22-,23+. The van der Waals surface area contributed by atoms with Gasteiger partial charge >= 0.3 is 0 Å². The van der Waals surface area contributed by atoms with E-state index in [-0.39, 0.29) is 6.61 Å². The van der Waals surface area contributed by atoms with Crippen LogP contribution in [0.25, 0.3) is 16.6 Å². The molecule has 4 aromatic heterocycles. The molecule has 2 atom stereocenters. The van der Waals surface area contributed by atoms with Gasteiger partial charge in [0.1, 0.15) is 12.4 Å². The summed E-state index contributed by atoms with van der Waals surface area (Å²) in [6.07, 6.45) is 8.85. The lowest BCUT2D eigenvalue weighted by Gasteiger charge is -2.56. The largest absolute Gasteiger partial charge is 0.484 e. The van der Waals surface area contributed by atoms with Gasteiger partial charge in [0.15, 0.2) is 5.75 Å². The Bertz CT molecular complexity index is 1440. The molecule has 2 bridgehead atoms. The van der Waals surface area contributed by atoms with Gasteiger partial charge in [-0.1, -0.05) is 10.6 Å². The van der Waals surface area contributed by atoms with Crippen LogP contribution in [0.2, 0.25) is 0 Å². The van der Waals surface area contributed by atoms with Crippen molar-refractivity contribution in [2.24, 2.45) is 5.73 Å². The lowest BCUT2D eigenvalue weighted by molar-refractivity contribution is -0.576. The van der Waals surface area contributed by atoms with E-state index in [1.807, 2.05) is 41.4 Å². The number of nitrogens with two attached hydrogens (primary N) is 1. The summed E-state index contributed by atoms with van der Waals surface area (Å²) in [5.41, 5.74) is 10.3. The molecule has 0 unspecified atom stereocenters. The minimum Gasteiger partial charge on any atom is -0.484 e. The maximum atomic E-state index is 10.1. The topological polar surface area (TPSA) is 117 Å². The smallest absolute Gasteiger partial charge is 0.249 e. The fourth-order valence-electron chi connectivity index (χ4n) is 5.63. The van der Waals surface area contributed by atoms with Crippen molar-refractivity contribution in [2.75, 3.05) is 31.7 Å². The summed E-state index contributed by atoms with van der Waals surface area (Å²) >= 11 is 0. The minimum absolute atomic E-state index is 0.184. The molecule has 7 heterocycles. The van der Waals surface area contributed by atoms with Crippen molar-refractivity contribution in [3.63, 3.8) is 0 Å². The predicted molar refractivity (Wildman–Crippen MR) is 148 cm³/mol. The molecule has 0 aliphatic carbocycles. The highest BCUT2D eigenvalue weighted by molar-refractivity contribution is 5.80. The Kier molecular flexibility index (Phi) is 6.62. The zero-order valence-corrected chi connectivity index (χ0v) is 22.7. The highest BCUT2D eigenvalue weighted by atomic mass is 16.5. The molecule has 0 spiro atoms. The van der Waals surface area contributed by atoms with Crippen LogP contribution in [0.1, 0.15) is 31.4 Å². The normalized spacial score (nSPS) is 19.3. The van der Waals surface area contributed by atoms with Crippen molar-refractivity contribution >= 4 is 11.3 Å². The van der Waals surface area contributed by atoms with Gasteiger partial charge in [-0.05, 0) is 38.0 Å². The zero-order valence-electron chi connectivity index (χ0n) is 22.7. The Morgan fingerprint density at radius 1 is 1.15 bits per heavy atom. The first-order valence-electron chi connectivity index (χ1n) is 13.4. The first-order chi connectivity index (χ1) is 18.8. The summed E-state index contributed by atoms with van der Waals surface area (Å²) in [5, 5.41) is 13.4. The van der Waals surface area contributed by atoms with Gasteiger partial charge in [-0.3, -0.25) is 4.90 Å². The van der Waals surface area contributed by atoms with Crippen molar-refractivity contribution in [3.05, 3.63) is 66.2 Å². The van der Waals surface area contributed by atoms with E-state index in [0.717, 1.165) is 47.7 Å². The van der Waals surface area contributed by atoms with Gasteiger partial charge in [0, 0.05) is 68.4 Å². The van der Waals surface area contributed by atoms with Crippen LogP contribution < -0.4 is 24.6 Å². The van der Waals surface area contributed by atoms with E-state index in [9.17, 15) is 5.11 Å². The Labute approximate surface area is 228 Å². The molecule has 0 saturated carbocycles. The fraction of sp³-hybridized carbons (Fsp3) is 0.414. The van der Waals surface area contributed by atoms with E-state index < -0.39 is 5.60 Å². The zero-order chi connectivity index (χ0) is 27.1. The number of aromatic nitrogens is 4. The van der Waals surface area contributed by atoms with Gasteiger partial charge in [0.05, 0.1) is 30.0 Å². The third-order valence-corrected chi connectivity index (χ3v) is 7.63. The molecule has 0 aromatic carbocycles. The number of nitrogens with zero attached hydrogens (tertiary/aromatic N) is 5. The minimum atomic E-state index is -0.933. The first-order valence-corrected chi connectivity index (χ1v) is 13.4. The third kappa shape index (κ3) is 5.15. The summed E-state index contributed by atoms with van der Waals surface area (Å²) in [7, 11) is 1.64. The highest BCUT2D eigenvalue weighted by Crippen LogP contribution is 2.36. The first kappa shape index (κ1) is 25.5. The quantitative estimate of drug-likeness (QED) is 0.282. The number of fused-ring (bicyclic) bond motifs is 3. The van der Waals surface area contributed by atoms with Gasteiger partial charge in [-0.25, -0.2) is 9.97 Å². The van der Waals surface area contributed by atoms with Gasteiger partial charge < -0.3 is 25.2 Å². The Morgan fingerprint density at radius 3 is 2.62 bits per heavy atom. The van der Waals surface area contributed by atoms with Crippen LogP contribution in [0, 0.1) is 0 Å². The lowest BCUT2D eigenvalue weighted by Crippen LogP contribution is -2.68. The molecule has 10 heteroatoms. The number of piperidine rings is 1. The predicted octanol–water partition coefficient (Wildman–Crippen LogP) is 2.29. The number of hydrogen-bond donors (Lipinski definition) is 3. The average molecular weight is 531 g/mol. The molecular weight excluding hydrogens is 494 g/mol. The molecule has 3 aliphatic rings. The molecule has 4 N–H and O–H groups in total.